The monoisotopic (exact) mass is 305 g/mol. The topological polar surface area (TPSA) is 20.3 Å². The molecule has 2 aromatic carbocycles. The SMILES string of the molecule is O=C(c1ccc(F)cc1)N1CCS[C@@H]1c1ccc(F)cc1. The minimum absolute atomic E-state index is 0.122. The van der Waals surface area contributed by atoms with Gasteiger partial charge in [-0.3, -0.25) is 4.79 Å². The Bertz CT molecular complexity index is 642. The molecule has 0 spiro atoms. The molecule has 1 amide bonds. The molecule has 3 rings (SSSR count). The van der Waals surface area contributed by atoms with E-state index in [4.69, 9.17) is 0 Å². The maximum atomic E-state index is 13.0. The number of hydrogen-bond donors (Lipinski definition) is 0. The van der Waals surface area contributed by atoms with Crippen LogP contribution in [0.15, 0.2) is 48.5 Å². The molecule has 21 heavy (non-hydrogen) atoms. The van der Waals surface area contributed by atoms with Gasteiger partial charge in [0.15, 0.2) is 0 Å². The average Bonchev–Trinajstić information content (AvgIpc) is 2.97. The van der Waals surface area contributed by atoms with Gasteiger partial charge in [0.05, 0.1) is 0 Å². The van der Waals surface area contributed by atoms with Crippen molar-refractivity contribution in [2.45, 2.75) is 5.37 Å². The van der Waals surface area contributed by atoms with Crippen LogP contribution in [0, 0.1) is 11.6 Å². The Morgan fingerprint density at radius 2 is 1.57 bits per heavy atom. The fourth-order valence-corrected chi connectivity index (χ4v) is 3.60. The van der Waals surface area contributed by atoms with Crippen LogP contribution >= 0.6 is 11.8 Å². The summed E-state index contributed by atoms with van der Waals surface area (Å²) in [6.07, 6.45) is 0. The Kier molecular flexibility index (Phi) is 3.92. The van der Waals surface area contributed by atoms with E-state index in [-0.39, 0.29) is 22.9 Å². The summed E-state index contributed by atoms with van der Waals surface area (Å²) in [6.45, 7) is 0.628. The van der Waals surface area contributed by atoms with E-state index in [1.807, 2.05) is 0 Å². The minimum atomic E-state index is -0.363. The Labute approximate surface area is 125 Å². The predicted molar refractivity (Wildman–Crippen MR) is 79.0 cm³/mol. The van der Waals surface area contributed by atoms with Crippen LogP contribution in [0.4, 0.5) is 8.78 Å². The summed E-state index contributed by atoms with van der Waals surface area (Å²) in [5, 5.41) is -0.122. The lowest BCUT2D eigenvalue weighted by Crippen LogP contribution is -2.30. The lowest BCUT2D eigenvalue weighted by Gasteiger charge is -2.24. The quantitative estimate of drug-likeness (QED) is 0.840. The van der Waals surface area contributed by atoms with E-state index in [0.29, 0.717) is 12.1 Å². The first-order valence-electron chi connectivity index (χ1n) is 6.59. The molecule has 108 valence electrons. The van der Waals surface area contributed by atoms with Crippen LogP contribution in [0.1, 0.15) is 21.3 Å². The van der Waals surface area contributed by atoms with E-state index in [2.05, 4.69) is 0 Å². The highest BCUT2D eigenvalue weighted by Crippen LogP contribution is 2.38. The number of thioether (sulfide) groups is 1. The summed E-state index contributed by atoms with van der Waals surface area (Å²) in [5.41, 5.74) is 1.36. The lowest BCUT2D eigenvalue weighted by atomic mass is 10.1. The van der Waals surface area contributed by atoms with Crippen LogP contribution < -0.4 is 0 Å². The molecule has 1 aliphatic rings. The fraction of sp³-hybridized carbons (Fsp3) is 0.188. The Morgan fingerprint density at radius 1 is 1.00 bits per heavy atom. The second-order valence-corrected chi connectivity index (χ2v) is 5.97. The van der Waals surface area contributed by atoms with Crippen molar-refractivity contribution in [3.05, 3.63) is 71.3 Å². The summed E-state index contributed by atoms with van der Waals surface area (Å²) in [5.74, 6) is 0.0412. The minimum Gasteiger partial charge on any atom is -0.322 e. The van der Waals surface area contributed by atoms with Gasteiger partial charge in [-0.15, -0.1) is 11.8 Å². The van der Waals surface area contributed by atoms with Gasteiger partial charge in [0.1, 0.15) is 17.0 Å². The molecule has 2 nitrogen and oxygen atoms in total. The van der Waals surface area contributed by atoms with Gasteiger partial charge in [-0.2, -0.15) is 0 Å². The second-order valence-electron chi connectivity index (χ2n) is 4.78. The maximum absolute atomic E-state index is 13.0. The van der Waals surface area contributed by atoms with E-state index >= 15 is 0 Å². The summed E-state index contributed by atoms with van der Waals surface area (Å²) in [7, 11) is 0. The highest BCUT2D eigenvalue weighted by Gasteiger charge is 2.31. The van der Waals surface area contributed by atoms with Crippen LogP contribution in [0.2, 0.25) is 0 Å². The number of hydrogen-bond acceptors (Lipinski definition) is 2. The van der Waals surface area contributed by atoms with Crippen molar-refractivity contribution in [1.82, 2.24) is 4.90 Å². The van der Waals surface area contributed by atoms with Crippen molar-refractivity contribution >= 4 is 17.7 Å². The van der Waals surface area contributed by atoms with Crippen molar-refractivity contribution in [2.75, 3.05) is 12.3 Å². The second kappa shape index (κ2) is 5.85. The maximum Gasteiger partial charge on any atom is 0.255 e. The molecule has 1 aliphatic heterocycles. The number of benzene rings is 2. The molecule has 5 heteroatoms. The molecule has 1 atom stereocenters. The van der Waals surface area contributed by atoms with Crippen molar-refractivity contribution in [1.29, 1.82) is 0 Å². The Morgan fingerprint density at radius 3 is 2.19 bits per heavy atom. The zero-order chi connectivity index (χ0) is 14.8. The van der Waals surface area contributed by atoms with Gasteiger partial charge < -0.3 is 4.90 Å². The number of halogens is 2. The van der Waals surface area contributed by atoms with Crippen molar-refractivity contribution in [3.8, 4) is 0 Å². The van der Waals surface area contributed by atoms with Crippen molar-refractivity contribution < 1.29 is 13.6 Å². The van der Waals surface area contributed by atoms with Crippen molar-refractivity contribution in [2.24, 2.45) is 0 Å². The number of nitrogens with zero attached hydrogens (tertiary/aromatic N) is 1. The van der Waals surface area contributed by atoms with Gasteiger partial charge >= 0.3 is 0 Å². The Balaban J connectivity index is 1.85. The lowest BCUT2D eigenvalue weighted by molar-refractivity contribution is 0.0760. The van der Waals surface area contributed by atoms with Gasteiger partial charge in [-0.25, -0.2) is 8.78 Å². The smallest absolute Gasteiger partial charge is 0.255 e. The summed E-state index contributed by atoms with van der Waals surface area (Å²) < 4.78 is 26.0. The molecule has 1 fully saturated rings. The molecule has 0 aromatic heterocycles. The molecular weight excluding hydrogens is 292 g/mol. The van der Waals surface area contributed by atoms with E-state index < -0.39 is 0 Å². The van der Waals surface area contributed by atoms with Crippen LogP contribution in [0.3, 0.4) is 0 Å². The highest BCUT2D eigenvalue weighted by molar-refractivity contribution is 7.99. The standard InChI is InChI=1S/C16H13F2NOS/c17-13-5-1-11(2-6-13)15(20)19-9-10-21-16(19)12-3-7-14(18)8-4-12/h1-8,16H,9-10H2/t16-/m1/s1. The van der Waals surface area contributed by atoms with Crippen LogP contribution in [-0.4, -0.2) is 23.1 Å². The third kappa shape index (κ3) is 2.93. The number of amides is 1. The molecule has 2 aromatic rings. The highest BCUT2D eigenvalue weighted by atomic mass is 32.2. The summed E-state index contributed by atoms with van der Waals surface area (Å²) >= 11 is 1.64. The number of carbonyl (C=O) groups excluding carboxylic acids is 1. The first-order valence-corrected chi connectivity index (χ1v) is 7.63. The van der Waals surface area contributed by atoms with Gasteiger partial charge in [-0.05, 0) is 42.0 Å². The molecule has 0 bridgehead atoms. The molecular formula is C16H13F2NOS. The zero-order valence-corrected chi connectivity index (χ0v) is 11.9. The van der Waals surface area contributed by atoms with Crippen LogP contribution in [0.5, 0.6) is 0 Å². The molecule has 1 heterocycles. The van der Waals surface area contributed by atoms with Gasteiger partial charge in [-0.1, -0.05) is 12.1 Å². The predicted octanol–water partition coefficient (Wildman–Crippen LogP) is 3.85. The third-order valence-electron chi connectivity index (χ3n) is 3.40. The average molecular weight is 305 g/mol. The zero-order valence-electron chi connectivity index (χ0n) is 11.1. The normalized spacial score (nSPS) is 18.0. The molecule has 1 saturated heterocycles. The molecule has 0 saturated carbocycles. The molecule has 0 unspecified atom stereocenters. The van der Waals surface area contributed by atoms with E-state index in [9.17, 15) is 13.6 Å². The van der Waals surface area contributed by atoms with Gasteiger partial charge in [0.25, 0.3) is 5.91 Å². The first kappa shape index (κ1) is 14.1. The first-order chi connectivity index (χ1) is 10.1. The number of carbonyl (C=O) groups is 1. The van der Waals surface area contributed by atoms with Crippen LogP contribution in [-0.2, 0) is 0 Å². The van der Waals surface area contributed by atoms with Crippen LogP contribution in [0.25, 0.3) is 0 Å². The van der Waals surface area contributed by atoms with E-state index in [1.54, 1.807) is 28.8 Å². The Hall–Kier alpha value is -1.88. The van der Waals surface area contributed by atoms with Gasteiger partial charge in [0, 0.05) is 17.9 Å². The van der Waals surface area contributed by atoms with Gasteiger partial charge in [0.2, 0.25) is 0 Å². The number of rotatable bonds is 2. The molecule has 0 N–H and O–H groups in total. The summed E-state index contributed by atoms with van der Waals surface area (Å²) in [4.78, 5) is 14.3. The molecule has 0 aliphatic carbocycles. The van der Waals surface area contributed by atoms with Crippen molar-refractivity contribution in [3.63, 3.8) is 0 Å². The molecule has 0 radical (unpaired) electrons. The van der Waals surface area contributed by atoms with E-state index in [1.165, 1.54) is 36.4 Å². The fourth-order valence-electron chi connectivity index (χ4n) is 2.34. The largest absolute Gasteiger partial charge is 0.322 e. The third-order valence-corrected chi connectivity index (χ3v) is 4.66. The van der Waals surface area contributed by atoms with E-state index in [0.717, 1.165) is 11.3 Å². The summed E-state index contributed by atoms with van der Waals surface area (Å²) in [6, 6.07) is 11.7.